The van der Waals surface area contributed by atoms with Crippen LogP contribution >= 0.6 is 0 Å². The van der Waals surface area contributed by atoms with Crippen LogP contribution in [0.25, 0.3) is 0 Å². The number of rotatable bonds is 8. The summed E-state index contributed by atoms with van der Waals surface area (Å²) < 4.78 is 50.4. The molecule has 0 heterocycles. The van der Waals surface area contributed by atoms with Crippen LogP contribution in [-0.2, 0) is 26.2 Å². The zero-order chi connectivity index (χ0) is 20.9. The van der Waals surface area contributed by atoms with Gasteiger partial charge in [0.25, 0.3) is 0 Å². The molecule has 0 aliphatic carbocycles. The largest absolute Gasteiger partial charge is 0.494 e. The number of halogens is 1. The second kappa shape index (κ2) is 8.94. The van der Waals surface area contributed by atoms with Gasteiger partial charge < -0.3 is 9.47 Å². The summed E-state index contributed by atoms with van der Waals surface area (Å²) in [5.41, 5.74) is 0.764. The second-order valence-corrected chi connectivity index (χ2v) is 7.71. The van der Waals surface area contributed by atoms with Crippen molar-refractivity contribution in [3.63, 3.8) is 0 Å². The smallest absolute Gasteiger partial charge is 0.324 e. The number of Topliss-reactive ketones (excluding diaryl/α,β-unsaturated/α-hetero) is 1. The molecule has 9 heteroatoms. The van der Waals surface area contributed by atoms with E-state index in [1.54, 1.807) is 0 Å². The third-order valence-electron chi connectivity index (χ3n) is 3.85. The molecule has 0 aromatic heterocycles. The molecule has 0 aliphatic rings. The number of carbonyl (C=O) groups is 2. The molecule has 2 aromatic rings. The number of ether oxygens (including phenoxy) is 2. The third kappa shape index (κ3) is 5.37. The van der Waals surface area contributed by atoms with E-state index in [2.05, 4.69) is 4.72 Å². The highest BCUT2D eigenvalue weighted by atomic mass is 32.2. The summed E-state index contributed by atoms with van der Waals surface area (Å²) in [6.07, 6.45) is 0. The number of ketones is 1. The summed E-state index contributed by atoms with van der Waals surface area (Å²) >= 11 is 0. The monoisotopic (exact) mass is 409 g/mol. The summed E-state index contributed by atoms with van der Waals surface area (Å²) in [4.78, 5) is 23.2. The zero-order valence-electron chi connectivity index (χ0n) is 15.6. The summed E-state index contributed by atoms with van der Waals surface area (Å²) in [5.74, 6) is -1.55. The summed E-state index contributed by atoms with van der Waals surface area (Å²) in [7, 11) is -2.65. The number of methoxy groups -OCH3 is 1. The minimum atomic E-state index is -3.98. The lowest BCUT2D eigenvalue weighted by molar-refractivity contribution is -0.146. The van der Waals surface area contributed by atoms with Crippen LogP contribution in [0.1, 0.15) is 29.8 Å². The number of sulfonamides is 1. The molecule has 0 unspecified atom stereocenters. The highest BCUT2D eigenvalue weighted by Gasteiger charge is 2.23. The number of benzene rings is 2. The van der Waals surface area contributed by atoms with Crippen molar-refractivity contribution in [3.8, 4) is 5.75 Å². The number of hydrogen-bond donors (Lipinski definition) is 1. The lowest BCUT2D eigenvalue weighted by Gasteiger charge is -2.14. The van der Waals surface area contributed by atoms with Gasteiger partial charge in [0.2, 0.25) is 10.0 Å². The van der Waals surface area contributed by atoms with Crippen molar-refractivity contribution in [1.82, 2.24) is 4.72 Å². The molecule has 0 fully saturated rings. The Morgan fingerprint density at radius 3 is 2.32 bits per heavy atom. The van der Waals surface area contributed by atoms with Crippen molar-refractivity contribution in [1.29, 1.82) is 0 Å². The Kier molecular flexibility index (Phi) is 6.87. The van der Waals surface area contributed by atoms with Gasteiger partial charge in [-0.3, -0.25) is 9.59 Å². The second-order valence-electron chi connectivity index (χ2n) is 6.00. The highest BCUT2D eigenvalue weighted by molar-refractivity contribution is 7.89. The van der Waals surface area contributed by atoms with E-state index in [4.69, 9.17) is 9.47 Å². The minimum Gasteiger partial charge on any atom is -0.494 e. The number of esters is 1. The van der Waals surface area contributed by atoms with Crippen LogP contribution in [0.15, 0.2) is 47.4 Å². The zero-order valence-corrected chi connectivity index (χ0v) is 16.4. The summed E-state index contributed by atoms with van der Waals surface area (Å²) in [6, 6.07) is 8.25. The minimum absolute atomic E-state index is 0.0620. The van der Waals surface area contributed by atoms with E-state index in [1.165, 1.54) is 57.4 Å². The number of hydrogen-bond acceptors (Lipinski definition) is 6. The molecule has 0 amide bonds. The lowest BCUT2D eigenvalue weighted by atomic mass is 10.2. The van der Waals surface area contributed by atoms with Crippen molar-refractivity contribution < 1.29 is 31.9 Å². The molecule has 0 spiro atoms. The van der Waals surface area contributed by atoms with Crippen LogP contribution in [0.2, 0.25) is 0 Å². The lowest BCUT2D eigenvalue weighted by Crippen LogP contribution is -2.39. The standard InChI is InChI=1S/C19H20FNO6S/c1-12(19(23)27-11-14-4-9-18(26-3)17(20)10-14)21-28(24,25)16-7-5-15(6-8-16)13(2)22/h4-10,12,21H,11H2,1-3H3/t12-/m0/s1. The third-order valence-corrected chi connectivity index (χ3v) is 5.41. The molecular formula is C19H20FNO6S. The van der Waals surface area contributed by atoms with Crippen molar-refractivity contribution in [2.24, 2.45) is 0 Å². The quantitative estimate of drug-likeness (QED) is 0.531. The molecular weight excluding hydrogens is 389 g/mol. The highest BCUT2D eigenvalue weighted by Crippen LogP contribution is 2.18. The van der Waals surface area contributed by atoms with E-state index in [0.717, 1.165) is 6.07 Å². The van der Waals surface area contributed by atoms with Crippen molar-refractivity contribution in [3.05, 3.63) is 59.4 Å². The molecule has 0 saturated heterocycles. The Bertz CT molecular complexity index is 972. The maximum Gasteiger partial charge on any atom is 0.324 e. The van der Waals surface area contributed by atoms with E-state index in [9.17, 15) is 22.4 Å². The predicted octanol–water partition coefficient (Wildman–Crippen LogP) is 2.45. The molecule has 2 aromatic carbocycles. The Balaban J connectivity index is 1.98. The average molecular weight is 409 g/mol. The molecule has 1 N–H and O–H groups in total. The predicted molar refractivity (Wildman–Crippen MR) is 99.0 cm³/mol. The Morgan fingerprint density at radius 1 is 1.14 bits per heavy atom. The average Bonchev–Trinajstić information content (AvgIpc) is 2.65. The van der Waals surface area contributed by atoms with Gasteiger partial charge in [0.15, 0.2) is 17.3 Å². The summed E-state index contributed by atoms with van der Waals surface area (Å²) in [6.45, 7) is 2.48. The van der Waals surface area contributed by atoms with Crippen LogP contribution < -0.4 is 9.46 Å². The molecule has 1 atom stereocenters. The van der Waals surface area contributed by atoms with Crippen LogP contribution in [0.4, 0.5) is 4.39 Å². The van der Waals surface area contributed by atoms with Gasteiger partial charge in [0.05, 0.1) is 12.0 Å². The fourth-order valence-electron chi connectivity index (χ4n) is 2.30. The van der Waals surface area contributed by atoms with Gasteiger partial charge in [0.1, 0.15) is 12.6 Å². The first-order chi connectivity index (χ1) is 13.1. The molecule has 0 aliphatic heterocycles. The van der Waals surface area contributed by atoms with E-state index in [-0.39, 0.29) is 23.0 Å². The maximum absolute atomic E-state index is 13.6. The van der Waals surface area contributed by atoms with Crippen molar-refractivity contribution in [2.45, 2.75) is 31.4 Å². The van der Waals surface area contributed by atoms with Gasteiger partial charge >= 0.3 is 5.97 Å². The molecule has 2 rings (SSSR count). The van der Waals surface area contributed by atoms with E-state index in [0.29, 0.717) is 11.1 Å². The van der Waals surface area contributed by atoms with E-state index in [1.807, 2.05) is 0 Å². The van der Waals surface area contributed by atoms with Crippen molar-refractivity contribution >= 4 is 21.8 Å². The fourth-order valence-corrected chi connectivity index (χ4v) is 3.49. The van der Waals surface area contributed by atoms with E-state index < -0.39 is 27.9 Å². The van der Waals surface area contributed by atoms with E-state index >= 15 is 0 Å². The molecule has 0 saturated carbocycles. The molecule has 150 valence electrons. The SMILES string of the molecule is COc1ccc(COC(=O)[C@H](C)NS(=O)(=O)c2ccc(C(C)=O)cc2)cc1F. The molecule has 28 heavy (non-hydrogen) atoms. The molecule has 7 nitrogen and oxygen atoms in total. The van der Waals surface area contributed by atoms with Crippen LogP contribution in [0.5, 0.6) is 5.75 Å². The fraction of sp³-hybridized carbons (Fsp3) is 0.263. The Labute approximate surface area is 162 Å². The van der Waals surface area contributed by atoms with Gasteiger partial charge in [-0.2, -0.15) is 4.72 Å². The summed E-state index contributed by atoms with van der Waals surface area (Å²) in [5, 5.41) is 0. The first-order valence-electron chi connectivity index (χ1n) is 8.26. The normalized spacial score (nSPS) is 12.3. The van der Waals surface area contributed by atoms with Crippen LogP contribution in [-0.4, -0.2) is 33.3 Å². The van der Waals surface area contributed by atoms with Gasteiger partial charge in [-0.05, 0) is 43.7 Å². The first-order valence-corrected chi connectivity index (χ1v) is 9.74. The first kappa shape index (κ1) is 21.5. The molecule has 0 radical (unpaired) electrons. The van der Waals surface area contributed by atoms with Gasteiger partial charge in [-0.1, -0.05) is 18.2 Å². The van der Waals surface area contributed by atoms with Gasteiger partial charge in [-0.25, -0.2) is 12.8 Å². The number of carbonyl (C=O) groups excluding carboxylic acids is 2. The van der Waals surface area contributed by atoms with Gasteiger partial charge in [0, 0.05) is 5.56 Å². The maximum atomic E-state index is 13.6. The molecule has 0 bridgehead atoms. The Hall–Kier alpha value is -2.78. The number of nitrogens with one attached hydrogen (secondary N) is 1. The van der Waals surface area contributed by atoms with Crippen LogP contribution in [0.3, 0.4) is 0 Å². The van der Waals surface area contributed by atoms with Crippen LogP contribution in [0, 0.1) is 5.82 Å². The van der Waals surface area contributed by atoms with Gasteiger partial charge in [-0.15, -0.1) is 0 Å². The Morgan fingerprint density at radius 2 is 1.79 bits per heavy atom. The van der Waals surface area contributed by atoms with Crippen molar-refractivity contribution in [2.75, 3.05) is 7.11 Å². The topological polar surface area (TPSA) is 98.8 Å².